The fraction of sp³-hybridized carbons (Fsp3) is 0.235. The van der Waals surface area contributed by atoms with E-state index in [1.165, 1.54) is 64.2 Å². The highest BCUT2D eigenvalue weighted by Crippen LogP contribution is 2.63. The van der Waals surface area contributed by atoms with Crippen molar-refractivity contribution < 1.29 is 0 Å². The minimum atomic E-state index is -0.0828. The Kier molecular flexibility index (Phi) is 6.99. The molecule has 0 bridgehead atoms. The zero-order chi connectivity index (χ0) is 37.1. The molecule has 4 heteroatoms. The van der Waals surface area contributed by atoms with Gasteiger partial charge in [-0.15, -0.1) is 0 Å². The van der Waals surface area contributed by atoms with E-state index in [0.29, 0.717) is 17.5 Å². The number of hydrogen-bond acceptors (Lipinski definition) is 3. The van der Waals surface area contributed by atoms with Crippen molar-refractivity contribution in [3.8, 4) is 39.9 Å². The molecule has 0 saturated carbocycles. The number of benzene rings is 5. The van der Waals surface area contributed by atoms with Crippen molar-refractivity contribution in [1.29, 1.82) is 0 Å². The van der Waals surface area contributed by atoms with Gasteiger partial charge in [0.2, 0.25) is 0 Å². The van der Waals surface area contributed by atoms with E-state index in [-0.39, 0.29) is 10.8 Å². The summed E-state index contributed by atoms with van der Waals surface area (Å²) in [4.78, 5) is 15.2. The molecule has 0 aliphatic heterocycles. The maximum Gasteiger partial charge on any atom is 0.164 e. The van der Waals surface area contributed by atoms with Gasteiger partial charge >= 0.3 is 0 Å². The molecule has 11 rings (SSSR count). The predicted octanol–water partition coefficient (Wildman–Crippen LogP) is 13.0. The second kappa shape index (κ2) is 11.8. The second-order valence-electron chi connectivity index (χ2n) is 16.9. The molecule has 55 heavy (non-hydrogen) atoms. The quantitative estimate of drug-likeness (QED) is 0.182. The van der Waals surface area contributed by atoms with E-state index in [1.54, 1.807) is 27.8 Å². The zero-order valence-electron chi connectivity index (χ0n) is 32.1. The van der Waals surface area contributed by atoms with Gasteiger partial charge in [0.05, 0.1) is 11.0 Å². The molecule has 0 radical (unpaired) electrons. The van der Waals surface area contributed by atoms with Crippen molar-refractivity contribution in [1.82, 2.24) is 19.5 Å². The summed E-state index contributed by atoms with van der Waals surface area (Å²) in [6.45, 7) is 10.1. The molecule has 4 nitrogen and oxygen atoms in total. The Morgan fingerprint density at radius 3 is 1.91 bits per heavy atom. The molecular formula is C51H44N4. The van der Waals surface area contributed by atoms with Gasteiger partial charge in [0, 0.05) is 44.0 Å². The smallest absolute Gasteiger partial charge is 0.164 e. The van der Waals surface area contributed by atoms with Crippen LogP contribution >= 0.6 is 0 Å². The highest BCUT2D eigenvalue weighted by Gasteiger charge is 2.49. The van der Waals surface area contributed by atoms with Crippen LogP contribution in [0.3, 0.4) is 0 Å². The predicted molar refractivity (Wildman–Crippen MR) is 227 cm³/mol. The van der Waals surface area contributed by atoms with E-state index in [0.717, 1.165) is 35.2 Å². The van der Waals surface area contributed by atoms with Crippen molar-refractivity contribution in [2.75, 3.05) is 0 Å². The Balaban J connectivity index is 1.22. The molecule has 4 aliphatic rings. The van der Waals surface area contributed by atoms with E-state index >= 15 is 0 Å². The van der Waals surface area contributed by atoms with Crippen LogP contribution in [0.15, 0.2) is 132 Å². The second-order valence-corrected chi connectivity index (χ2v) is 16.9. The summed E-state index contributed by atoms with van der Waals surface area (Å²) in [5.41, 5.74) is 19.0. The molecule has 0 amide bonds. The molecule has 0 N–H and O–H groups in total. The van der Waals surface area contributed by atoms with Crippen LogP contribution in [-0.2, 0) is 10.8 Å². The summed E-state index contributed by atoms with van der Waals surface area (Å²) >= 11 is 0. The number of nitrogens with zero attached hydrogens (tertiary/aromatic N) is 4. The van der Waals surface area contributed by atoms with Gasteiger partial charge in [0.25, 0.3) is 0 Å². The topological polar surface area (TPSA) is 43.6 Å². The van der Waals surface area contributed by atoms with E-state index in [2.05, 4.69) is 117 Å². The first-order chi connectivity index (χ1) is 26.8. The number of fused-ring (bicyclic) bond motifs is 10. The van der Waals surface area contributed by atoms with Gasteiger partial charge in [-0.1, -0.05) is 142 Å². The van der Waals surface area contributed by atoms with Crippen LogP contribution in [0.2, 0.25) is 0 Å². The summed E-state index contributed by atoms with van der Waals surface area (Å²) in [7, 11) is 0. The SMILES string of the molecule is CC1(C)C2=C(C=CCC2)c2c1c1c(c3c2c2ccccc2n3-c2cccc(-c3nc(-c4ccccc4)nc(-c4ccccc4)n3)c2)C(C)(C)C2=C1CCCC2. The lowest BCUT2D eigenvalue weighted by Crippen LogP contribution is -2.22. The van der Waals surface area contributed by atoms with Gasteiger partial charge in [0.15, 0.2) is 17.5 Å². The van der Waals surface area contributed by atoms with E-state index in [1.807, 2.05) is 36.4 Å². The number of hydrogen-bond donors (Lipinski definition) is 0. The number of para-hydroxylation sites is 1. The average Bonchev–Trinajstić information content (AvgIpc) is 3.78. The summed E-state index contributed by atoms with van der Waals surface area (Å²) < 4.78 is 2.59. The molecule has 0 fully saturated rings. The maximum absolute atomic E-state index is 5.13. The third-order valence-corrected chi connectivity index (χ3v) is 13.1. The lowest BCUT2D eigenvalue weighted by Gasteiger charge is -2.30. The standard InChI is InChI=1S/C51H44N4/c1-50(2)38-27-14-11-24-35(38)41-42-37-26-13-16-29-40(37)55(46(42)45-43(44(41)50)36-25-12-15-28-39(36)51(45,3)4)34-23-17-22-33(30-34)49-53-47(31-18-7-5-8-19-31)52-48(54-49)32-20-9-6-10-21-32/h5-11,13,16-24,26,29-30H,12,14-15,25,27-28H2,1-4H3. The van der Waals surface area contributed by atoms with Crippen molar-refractivity contribution in [2.24, 2.45) is 0 Å². The van der Waals surface area contributed by atoms with E-state index in [4.69, 9.17) is 15.0 Å². The van der Waals surface area contributed by atoms with Crippen LogP contribution < -0.4 is 0 Å². The summed E-state index contributed by atoms with van der Waals surface area (Å²) in [6.07, 6.45) is 12.0. The lowest BCUT2D eigenvalue weighted by atomic mass is 9.73. The fourth-order valence-corrected chi connectivity index (χ4v) is 10.7. The number of aromatic nitrogens is 4. The van der Waals surface area contributed by atoms with Gasteiger partial charge in [-0.05, 0) is 90.1 Å². The normalized spacial score (nSPS) is 17.8. The molecule has 268 valence electrons. The van der Waals surface area contributed by atoms with Crippen molar-refractivity contribution in [3.63, 3.8) is 0 Å². The highest BCUT2D eigenvalue weighted by atomic mass is 15.0. The van der Waals surface area contributed by atoms with Crippen LogP contribution in [0.4, 0.5) is 0 Å². The first-order valence-electron chi connectivity index (χ1n) is 20.1. The van der Waals surface area contributed by atoms with Crippen LogP contribution in [0.5, 0.6) is 0 Å². The van der Waals surface area contributed by atoms with Gasteiger partial charge in [0.1, 0.15) is 0 Å². The van der Waals surface area contributed by atoms with Crippen molar-refractivity contribution in [2.45, 2.75) is 77.0 Å². The van der Waals surface area contributed by atoms with Gasteiger partial charge < -0.3 is 4.57 Å². The highest BCUT2D eigenvalue weighted by molar-refractivity contribution is 6.20. The average molecular weight is 713 g/mol. The Morgan fingerprint density at radius 2 is 1.18 bits per heavy atom. The Hall–Kier alpha value is -5.87. The van der Waals surface area contributed by atoms with Gasteiger partial charge in [-0.3, -0.25) is 0 Å². The molecule has 0 spiro atoms. The van der Waals surface area contributed by atoms with Crippen LogP contribution in [0, 0.1) is 0 Å². The van der Waals surface area contributed by atoms with Crippen LogP contribution in [0.1, 0.15) is 88.5 Å². The maximum atomic E-state index is 5.13. The molecule has 0 saturated heterocycles. The Morgan fingerprint density at radius 1 is 0.564 bits per heavy atom. The first-order valence-corrected chi connectivity index (χ1v) is 20.1. The van der Waals surface area contributed by atoms with E-state index in [9.17, 15) is 0 Å². The molecule has 0 unspecified atom stereocenters. The van der Waals surface area contributed by atoms with Crippen LogP contribution in [0.25, 0.3) is 72.8 Å². The zero-order valence-corrected chi connectivity index (χ0v) is 32.1. The first kappa shape index (κ1) is 32.6. The third kappa shape index (κ3) is 4.61. The van der Waals surface area contributed by atoms with Crippen LogP contribution in [-0.4, -0.2) is 19.5 Å². The van der Waals surface area contributed by atoms with E-state index < -0.39 is 0 Å². The molecule has 7 aromatic rings. The fourth-order valence-electron chi connectivity index (χ4n) is 10.7. The molecule has 0 atom stereocenters. The van der Waals surface area contributed by atoms with Crippen molar-refractivity contribution >= 4 is 33.0 Å². The minimum Gasteiger partial charge on any atom is -0.309 e. The lowest BCUT2D eigenvalue weighted by molar-refractivity contribution is 0.575. The Bertz CT molecular complexity index is 2790. The Labute approximate surface area is 323 Å². The molecule has 2 aromatic heterocycles. The summed E-state index contributed by atoms with van der Waals surface area (Å²) in [5, 5.41) is 2.73. The number of allylic oxidation sites excluding steroid dienone is 6. The van der Waals surface area contributed by atoms with Gasteiger partial charge in [-0.25, -0.2) is 15.0 Å². The largest absolute Gasteiger partial charge is 0.309 e. The molecule has 5 aromatic carbocycles. The minimum absolute atomic E-state index is 0.0294. The number of rotatable bonds is 4. The van der Waals surface area contributed by atoms with Gasteiger partial charge in [-0.2, -0.15) is 0 Å². The summed E-state index contributed by atoms with van der Waals surface area (Å²) in [6, 6.07) is 38.5. The third-order valence-electron chi connectivity index (χ3n) is 13.1. The molecule has 4 aliphatic carbocycles. The monoisotopic (exact) mass is 712 g/mol. The van der Waals surface area contributed by atoms with Crippen molar-refractivity contribution in [3.05, 3.63) is 155 Å². The summed E-state index contributed by atoms with van der Waals surface area (Å²) in [5.74, 6) is 2.01. The molecule has 2 heterocycles. The molecular weight excluding hydrogens is 669 g/mol.